The molecule has 1 heterocycles. The lowest BCUT2D eigenvalue weighted by molar-refractivity contribution is 0.570. The van der Waals surface area contributed by atoms with Gasteiger partial charge in [-0.3, -0.25) is 0 Å². The van der Waals surface area contributed by atoms with Gasteiger partial charge in [-0.15, -0.1) is 0 Å². The minimum absolute atomic E-state index is 0.346. The molecule has 0 aliphatic heterocycles. The molecule has 0 saturated heterocycles. The lowest BCUT2D eigenvalue weighted by Gasteiger charge is -2.10. The standard InChI is InChI=1S/C9H17N3O2S/c1-8(2)9-10-4-6-12(9)7-5-11-15(3,13)14/h4,6,8,11H,5,7H2,1-3H3. The van der Waals surface area contributed by atoms with Crippen molar-refractivity contribution in [2.24, 2.45) is 0 Å². The number of nitrogens with zero attached hydrogens (tertiary/aromatic N) is 2. The Balaban J connectivity index is 2.54. The molecule has 6 heteroatoms. The summed E-state index contributed by atoms with van der Waals surface area (Å²) in [5.41, 5.74) is 0. The van der Waals surface area contributed by atoms with Crippen molar-refractivity contribution in [1.29, 1.82) is 0 Å². The Labute approximate surface area is 90.6 Å². The zero-order valence-corrected chi connectivity index (χ0v) is 10.1. The van der Waals surface area contributed by atoms with Gasteiger partial charge in [0, 0.05) is 31.4 Å². The molecule has 1 aromatic rings. The van der Waals surface area contributed by atoms with Gasteiger partial charge in [0.2, 0.25) is 10.0 Å². The number of sulfonamides is 1. The Hall–Kier alpha value is -0.880. The average molecular weight is 231 g/mol. The predicted octanol–water partition coefficient (Wildman–Crippen LogP) is 0.556. The topological polar surface area (TPSA) is 64.0 Å². The molecule has 5 nitrogen and oxygen atoms in total. The summed E-state index contributed by atoms with van der Waals surface area (Å²) < 4.78 is 26.1. The second kappa shape index (κ2) is 4.76. The van der Waals surface area contributed by atoms with Crippen LogP contribution >= 0.6 is 0 Å². The number of rotatable bonds is 5. The SMILES string of the molecule is CC(C)c1nccn1CCNS(C)(=O)=O. The molecule has 0 aliphatic rings. The fraction of sp³-hybridized carbons (Fsp3) is 0.667. The summed E-state index contributed by atoms with van der Waals surface area (Å²) in [6.07, 6.45) is 4.75. The van der Waals surface area contributed by atoms with E-state index in [9.17, 15) is 8.42 Å². The second-order valence-electron chi connectivity index (χ2n) is 3.80. The Morgan fingerprint density at radius 1 is 1.53 bits per heavy atom. The average Bonchev–Trinajstić information content (AvgIpc) is 2.49. The van der Waals surface area contributed by atoms with Gasteiger partial charge in [-0.2, -0.15) is 0 Å². The first-order chi connectivity index (χ1) is 6.90. The van der Waals surface area contributed by atoms with Crippen molar-refractivity contribution < 1.29 is 8.42 Å². The van der Waals surface area contributed by atoms with Crippen molar-refractivity contribution in [3.63, 3.8) is 0 Å². The van der Waals surface area contributed by atoms with Crippen LogP contribution < -0.4 is 4.72 Å². The normalized spacial score (nSPS) is 12.3. The molecule has 0 aliphatic carbocycles. The summed E-state index contributed by atoms with van der Waals surface area (Å²) in [6, 6.07) is 0. The van der Waals surface area contributed by atoms with Crippen LogP contribution in [0.15, 0.2) is 12.4 Å². The van der Waals surface area contributed by atoms with E-state index in [0.29, 0.717) is 19.0 Å². The highest BCUT2D eigenvalue weighted by Gasteiger charge is 2.07. The molecule has 0 radical (unpaired) electrons. The summed E-state index contributed by atoms with van der Waals surface area (Å²) >= 11 is 0. The Kier molecular flexibility index (Phi) is 3.87. The van der Waals surface area contributed by atoms with Crippen molar-refractivity contribution in [2.75, 3.05) is 12.8 Å². The minimum atomic E-state index is -3.09. The van der Waals surface area contributed by atoms with Gasteiger partial charge in [0.05, 0.1) is 6.26 Å². The maximum Gasteiger partial charge on any atom is 0.208 e. The van der Waals surface area contributed by atoms with E-state index >= 15 is 0 Å². The van der Waals surface area contributed by atoms with Gasteiger partial charge in [0.15, 0.2) is 0 Å². The maximum absolute atomic E-state index is 10.8. The summed E-state index contributed by atoms with van der Waals surface area (Å²) in [4.78, 5) is 4.22. The van der Waals surface area contributed by atoms with Gasteiger partial charge in [-0.1, -0.05) is 13.8 Å². The van der Waals surface area contributed by atoms with Gasteiger partial charge in [0.1, 0.15) is 5.82 Å². The van der Waals surface area contributed by atoms with Gasteiger partial charge in [-0.25, -0.2) is 18.1 Å². The highest BCUT2D eigenvalue weighted by Crippen LogP contribution is 2.10. The number of aromatic nitrogens is 2. The second-order valence-corrected chi connectivity index (χ2v) is 5.63. The van der Waals surface area contributed by atoms with E-state index in [4.69, 9.17) is 0 Å². The smallest absolute Gasteiger partial charge is 0.208 e. The van der Waals surface area contributed by atoms with Crippen LogP contribution in [0.3, 0.4) is 0 Å². The fourth-order valence-electron chi connectivity index (χ4n) is 1.36. The van der Waals surface area contributed by atoms with Crippen molar-refractivity contribution in [1.82, 2.24) is 14.3 Å². The van der Waals surface area contributed by atoms with Crippen molar-refractivity contribution in [2.45, 2.75) is 26.3 Å². The molecule has 0 saturated carbocycles. The highest BCUT2D eigenvalue weighted by molar-refractivity contribution is 7.88. The third-order valence-electron chi connectivity index (χ3n) is 1.98. The zero-order chi connectivity index (χ0) is 11.5. The summed E-state index contributed by atoms with van der Waals surface area (Å²) in [5, 5.41) is 0. The van der Waals surface area contributed by atoms with Gasteiger partial charge in [-0.05, 0) is 0 Å². The van der Waals surface area contributed by atoms with Crippen LogP contribution in [0.5, 0.6) is 0 Å². The summed E-state index contributed by atoms with van der Waals surface area (Å²) in [5.74, 6) is 1.32. The molecule has 86 valence electrons. The summed E-state index contributed by atoms with van der Waals surface area (Å²) in [7, 11) is -3.09. The molecule has 0 spiro atoms. The predicted molar refractivity (Wildman–Crippen MR) is 59.2 cm³/mol. The van der Waals surface area contributed by atoms with Crippen LogP contribution in [0.25, 0.3) is 0 Å². The Morgan fingerprint density at radius 3 is 2.73 bits per heavy atom. The van der Waals surface area contributed by atoms with Crippen LogP contribution in [0.2, 0.25) is 0 Å². The van der Waals surface area contributed by atoms with Crippen LogP contribution in [0.4, 0.5) is 0 Å². The molecule has 0 amide bonds. The van der Waals surface area contributed by atoms with Gasteiger partial charge >= 0.3 is 0 Å². The third kappa shape index (κ3) is 4.01. The largest absolute Gasteiger partial charge is 0.333 e. The molecule has 0 bridgehead atoms. The third-order valence-corrected chi connectivity index (χ3v) is 2.71. The molecule has 1 N–H and O–H groups in total. The molecular formula is C9H17N3O2S. The van der Waals surface area contributed by atoms with Crippen LogP contribution in [-0.4, -0.2) is 30.8 Å². The van der Waals surface area contributed by atoms with Crippen LogP contribution in [-0.2, 0) is 16.6 Å². The maximum atomic E-state index is 10.8. The lowest BCUT2D eigenvalue weighted by Crippen LogP contribution is -2.26. The van der Waals surface area contributed by atoms with E-state index in [-0.39, 0.29) is 0 Å². The first kappa shape index (κ1) is 12.2. The molecule has 1 aromatic heterocycles. The van der Waals surface area contributed by atoms with E-state index in [1.807, 2.05) is 10.8 Å². The summed E-state index contributed by atoms with van der Waals surface area (Å²) in [6.45, 7) is 5.13. The van der Waals surface area contributed by atoms with E-state index in [0.717, 1.165) is 12.1 Å². The van der Waals surface area contributed by atoms with Gasteiger partial charge in [0.25, 0.3) is 0 Å². The van der Waals surface area contributed by atoms with E-state index < -0.39 is 10.0 Å². The molecule has 15 heavy (non-hydrogen) atoms. The fourth-order valence-corrected chi connectivity index (χ4v) is 1.82. The Morgan fingerprint density at radius 2 is 2.20 bits per heavy atom. The molecule has 1 rings (SSSR count). The quantitative estimate of drug-likeness (QED) is 0.805. The van der Waals surface area contributed by atoms with Crippen molar-refractivity contribution in [3.8, 4) is 0 Å². The molecule has 0 atom stereocenters. The van der Waals surface area contributed by atoms with E-state index in [1.165, 1.54) is 0 Å². The van der Waals surface area contributed by atoms with Gasteiger partial charge < -0.3 is 4.57 Å². The minimum Gasteiger partial charge on any atom is -0.333 e. The number of hydrogen-bond acceptors (Lipinski definition) is 3. The monoisotopic (exact) mass is 231 g/mol. The molecule has 0 fully saturated rings. The first-order valence-electron chi connectivity index (χ1n) is 4.86. The highest BCUT2D eigenvalue weighted by atomic mass is 32.2. The molecule has 0 aromatic carbocycles. The number of imidazole rings is 1. The Bertz CT molecular complexity index is 409. The molecule has 0 unspecified atom stereocenters. The number of nitrogens with one attached hydrogen (secondary N) is 1. The molecular weight excluding hydrogens is 214 g/mol. The van der Waals surface area contributed by atoms with Crippen LogP contribution in [0.1, 0.15) is 25.6 Å². The van der Waals surface area contributed by atoms with Crippen molar-refractivity contribution in [3.05, 3.63) is 18.2 Å². The number of hydrogen-bond donors (Lipinski definition) is 1. The van der Waals surface area contributed by atoms with E-state index in [2.05, 4.69) is 23.6 Å². The lowest BCUT2D eigenvalue weighted by atomic mass is 10.2. The zero-order valence-electron chi connectivity index (χ0n) is 9.27. The van der Waals surface area contributed by atoms with E-state index in [1.54, 1.807) is 6.20 Å². The van der Waals surface area contributed by atoms with Crippen LogP contribution in [0, 0.1) is 0 Å². The first-order valence-corrected chi connectivity index (χ1v) is 6.75. The van der Waals surface area contributed by atoms with Crippen molar-refractivity contribution >= 4 is 10.0 Å².